The molecular formula is C14H20O. The highest BCUT2D eigenvalue weighted by atomic mass is 16.1. The van der Waals surface area contributed by atoms with E-state index in [1.165, 1.54) is 24.0 Å². The fourth-order valence-corrected chi connectivity index (χ4v) is 2.98. The second-order valence-electron chi connectivity index (χ2n) is 5.13. The number of carbonyl (C=O) groups excluding carboxylic acids is 1. The van der Waals surface area contributed by atoms with E-state index in [0.29, 0.717) is 17.6 Å². The molecule has 0 spiro atoms. The lowest BCUT2D eigenvalue weighted by Gasteiger charge is -2.35. The first-order chi connectivity index (χ1) is 7.09. The van der Waals surface area contributed by atoms with Gasteiger partial charge in [-0.25, -0.2) is 0 Å². The molecule has 0 aromatic heterocycles. The fraction of sp³-hybridized carbons (Fsp3) is 0.643. The van der Waals surface area contributed by atoms with Crippen molar-refractivity contribution in [2.45, 2.75) is 46.0 Å². The number of hydrogen-bond acceptors (Lipinski definition) is 1. The van der Waals surface area contributed by atoms with E-state index in [1.807, 2.05) is 6.92 Å². The predicted octanol–water partition coefficient (Wildman–Crippen LogP) is 3.66. The monoisotopic (exact) mass is 204 g/mol. The highest BCUT2D eigenvalue weighted by Crippen LogP contribution is 2.42. The van der Waals surface area contributed by atoms with Gasteiger partial charge >= 0.3 is 0 Å². The third kappa shape index (κ3) is 1.92. The maximum absolute atomic E-state index is 11.6. The Bertz CT molecular complexity index is 335. The van der Waals surface area contributed by atoms with Crippen LogP contribution in [0.4, 0.5) is 0 Å². The first-order valence-corrected chi connectivity index (χ1v) is 5.98. The number of hydrogen-bond donors (Lipinski definition) is 0. The average Bonchev–Trinajstić information content (AvgIpc) is 2.23. The fourth-order valence-electron chi connectivity index (χ4n) is 2.98. The van der Waals surface area contributed by atoms with Crippen molar-refractivity contribution < 1.29 is 4.79 Å². The predicted molar refractivity (Wildman–Crippen MR) is 62.6 cm³/mol. The summed E-state index contributed by atoms with van der Waals surface area (Å²) >= 11 is 0. The lowest BCUT2D eigenvalue weighted by atomic mass is 9.69. The Hall–Kier alpha value is -0.850. The summed E-state index contributed by atoms with van der Waals surface area (Å²) in [5.41, 5.74) is 3.80. The van der Waals surface area contributed by atoms with Crippen LogP contribution in [0.15, 0.2) is 23.3 Å². The molecular weight excluding hydrogens is 184 g/mol. The molecule has 0 aromatic carbocycles. The topological polar surface area (TPSA) is 17.1 Å². The molecule has 82 valence electrons. The third-order valence-electron chi connectivity index (χ3n) is 4.14. The number of Topliss-reactive ketones (excluding diaryl/α,β-unsaturated/α-hetero) is 1. The van der Waals surface area contributed by atoms with Crippen molar-refractivity contribution in [3.05, 3.63) is 23.3 Å². The van der Waals surface area contributed by atoms with Crippen LogP contribution >= 0.6 is 0 Å². The van der Waals surface area contributed by atoms with Crippen LogP contribution in [-0.4, -0.2) is 5.78 Å². The summed E-state index contributed by atoms with van der Waals surface area (Å²) in [5.74, 6) is 1.71. The number of ketones is 1. The maximum atomic E-state index is 11.6. The van der Waals surface area contributed by atoms with Gasteiger partial charge in [-0.1, -0.05) is 17.7 Å². The van der Waals surface area contributed by atoms with E-state index in [9.17, 15) is 4.79 Å². The zero-order chi connectivity index (χ0) is 11.0. The van der Waals surface area contributed by atoms with Crippen molar-refractivity contribution in [3.63, 3.8) is 0 Å². The van der Waals surface area contributed by atoms with Crippen molar-refractivity contribution in [1.82, 2.24) is 0 Å². The lowest BCUT2D eigenvalue weighted by Crippen LogP contribution is -2.25. The average molecular weight is 204 g/mol. The molecule has 0 N–H and O–H groups in total. The Kier molecular flexibility index (Phi) is 2.81. The minimum Gasteiger partial charge on any atom is -0.295 e. The molecule has 0 amide bonds. The molecule has 2 atom stereocenters. The third-order valence-corrected chi connectivity index (χ3v) is 4.14. The normalized spacial score (nSPS) is 31.5. The van der Waals surface area contributed by atoms with Crippen LogP contribution < -0.4 is 0 Å². The molecule has 0 saturated heterocycles. The van der Waals surface area contributed by atoms with Gasteiger partial charge in [0.15, 0.2) is 5.78 Å². The van der Waals surface area contributed by atoms with Crippen LogP contribution in [0.2, 0.25) is 0 Å². The molecule has 1 fully saturated rings. The van der Waals surface area contributed by atoms with Crippen molar-refractivity contribution in [2.75, 3.05) is 0 Å². The van der Waals surface area contributed by atoms with Gasteiger partial charge in [0, 0.05) is 6.42 Å². The second-order valence-corrected chi connectivity index (χ2v) is 5.13. The van der Waals surface area contributed by atoms with Crippen LogP contribution in [0.5, 0.6) is 0 Å². The van der Waals surface area contributed by atoms with Crippen molar-refractivity contribution >= 4 is 5.78 Å². The zero-order valence-corrected chi connectivity index (χ0v) is 9.81. The molecule has 2 rings (SSSR count). The van der Waals surface area contributed by atoms with Crippen LogP contribution in [0.25, 0.3) is 0 Å². The number of allylic oxidation sites excluding steroid dienone is 3. The van der Waals surface area contributed by atoms with Gasteiger partial charge in [-0.05, 0) is 56.9 Å². The molecule has 0 radical (unpaired) electrons. The first-order valence-electron chi connectivity index (χ1n) is 5.98. The summed E-state index contributed by atoms with van der Waals surface area (Å²) in [6.07, 6.45) is 5.49. The van der Waals surface area contributed by atoms with Crippen LogP contribution in [-0.2, 0) is 4.79 Å². The largest absolute Gasteiger partial charge is 0.295 e. The van der Waals surface area contributed by atoms with Gasteiger partial charge in [0.1, 0.15) is 0 Å². The summed E-state index contributed by atoms with van der Waals surface area (Å²) in [5, 5.41) is 0. The van der Waals surface area contributed by atoms with E-state index in [1.54, 1.807) is 0 Å². The summed E-state index contributed by atoms with van der Waals surface area (Å²) in [6.45, 7) is 8.19. The van der Waals surface area contributed by atoms with Crippen molar-refractivity contribution in [3.8, 4) is 0 Å². The number of carbonyl (C=O) groups is 1. The highest BCUT2D eigenvalue weighted by Gasteiger charge is 2.31. The van der Waals surface area contributed by atoms with Crippen molar-refractivity contribution in [2.24, 2.45) is 11.8 Å². The van der Waals surface area contributed by atoms with Gasteiger partial charge in [-0.2, -0.15) is 0 Å². The van der Waals surface area contributed by atoms with Gasteiger partial charge in [-0.15, -0.1) is 0 Å². The van der Waals surface area contributed by atoms with Crippen LogP contribution in [0.3, 0.4) is 0 Å². The molecule has 0 aromatic rings. The molecule has 1 heteroatoms. The van der Waals surface area contributed by atoms with Crippen molar-refractivity contribution in [1.29, 1.82) is 0 Å². The summed E-state index contributed by atoms with van der Waals surface area (Å²) < 4.78 is 0. The van der Waals surface area contributed by atoms with Gasteiger partial charge in [0.05, 0.1) is 0 Å². The molecule has 2 aliphatic rings. The molecule has 2 unspecified atom stereocenters. The second kappa shape index (κ2) is 3.96. The molecule has 2 aliphatic carbocycles. The van der Waals surface area contributed by atoms with Gasteiger partial charge in [-0.3, -0.25) is 4.79 Å². The summed E-state index contributed by atoms with van der Waals surface area (Å²) in [6, 6.07) is 0. The Morgan fingerprint density at radius 1 is 1.33 bits per heavy atom. The minimum atomic E-state index is 0.378. The van der Waals surface area contributed by atoms with E-state index in [-0.39, 0.29) is 0 Å². The van der Waals surface area contributed by atoms with Crippen LogP contribution in [0.1, 0.15) is 46.0 Å². The van der Waals surface area contributed by atoms with Crippen LogP contribution in [0, 0.1) is 11.8 Å². The first kappa shape index (κ1) is 10.7. The Morgan fingerprint density at radius 3 is 2.73 bits per heavy atom. The van der Waals surface area contributed by atoms with E-state index >= 15 is 0 Å². The van der Waals surface area contributed by atoms with E-state index in [0.717, 1.165) is 24.8 Å². The highest BCUT2D eigenvalue weighted by molar-refractivity contribution is 5.96. The molecule has 1 nitrogen and oxygen atoms in total. The Labute approximate surface area is 92.3 Å². The summed E-state index contributed by atoms with van der Waals surface area (Å²) in [4.78, 5) is 11.6. The maximum Gasteiger partial charge on any atom is 0.158 e. The lowest BCUT2D eigenvalue weighted by molar-refractivity contribution is -0.116. The Balaban J connectivity index is 2.24. The van der Waals surface area contributed by atoms with Gasteiger partial charge in [0.2, 0.25) is 0 Å². The number of fused-ring (bicyclic) bond motifs is 1. The smallest absolute Gasteiger partial charge is 0.158 e. The zero-order valence-electron chi connectivity index (χ0n) is 9.81. The quantitative estimate of drug-likeness (QED) is 0.596. The SMILES string of the molecule is C=C(C)C1CCC2CCC(=O)C(C)=C2C1. The van der Waals surface area contributed by atoms with Gasteiger partial charge in [0.25, 0.3) is 0 Å². The molecule has 1 saturated carbocycles. The van der Waals surface area contributed by atoms with Gasteiger partial charge < -0.3 is 0 Å². The molecule has 15 heavy (non-hydrogen) atoms. The molecule has 0 heterocycles. The Morgan fingerprint density at radius 2 is 2.07 bits per heavy atom. The van der Waals surface area contributed by atoms with E-state index in [4.69, 9.17) is 0 Å². The number of rotatable bonds is 1. The summed E-state index contributed by atoms with van der Waals surface area (Å²) in [7, 11) is 0. The standard InChI is InChI=1S/C14H20O/c1-9(2)12-5-4-11-6-7-14(15)10(3)13(11)8-12/h11-12H,1,4-8H2,2-3H3. The molecule has 0 bridgehead atoms. The minimum absolute atomic E-state index is 0.378. The van der Waals surface area contributed by atoms with E-state index < -0.39 is 0 Å². The molecule has 0 aliphatic heterocycles. The van der Waals surface area contributed by atoms with E-state index in [2.05, 4.69) is 13.5 Å².